The largest absolute Gasteiger partial charge is 0.344 e. The van der Waals surface area contributed by atoms with Crippen molar-refractivity contribution < 1.29 is 0 Å². The highest BCUT2D eigenvalue weighted by Gasteiger charge is 2.27. The number of amidine groups is 2. The van der Waals surface area contributed by atoms with Crippen molar-refractivity contribution in [1.29, 1.82) is 0 Å². The van der Waals surface area contributed by atoms with E-state index >= 15 is 0 Å². The summed E-state index contributed by atoms with van der Waals surface area (Å²) < 4.78 is 10.0. The number of aromatic nitrogens is 1. The second-order valence-electron chi connectivity index (χ2n) is 17.7. The summed E-state index contributed by atoms with van der Waals surface area (Å²) in [6.07, 6.45) is -0.454. The minimum atomic E-state index is -0.454. The fourth-order valence-corrected chi connectivity index (χ4v) is 14.2. The lowest BCUT2D eigenvalue weighted by Crippen LogP contribution is -2.33. The number of aliphatic imine (C=N–C) groups is 2. The topological polar surface area (TPSA) is 41.7 Å². The number of hydrogen-bond acceptors (Lipinski definition) is 6. The van der Waals surface area contributed by atoms with E-state index in [4.69, 9.17) is 9.98 Å². The lowest BCUT2D eigenvalue weighted by atomic mass is 9.95. The molecule has 15 rings (SSSR count). The number of hydrogen-bond donors (Lipinski definition) is 1. The number of nitrogens with zero attached hydrogens (tertiary/aromatic N) is 3. The van der Waals surface area contributed by atoms with Gasteiger partial charge in [0.15, 0.2) is 5.84 Å². The van der Waals surface area contributed by atoms with E-state index < -0.39 is 6.17 Å². The molecule has 1 atom stereocenters. The number of para-hydroxylation sites is 1. The molecule has 1 unspecified atom stereocenters. The lowest BCUT2D eigenvalue weighted by molar-refractivity contribution is 0.676. The van der Waals surface area contributed by atoms with Gasteiger partial charge in [-0.1, -0.05) is 146 Å². The molecule has 4 aromatic heterocycles. The molecule has 5 heterocycles. The number of fused-ring (bicyclic) bond motifs is 13. The number of rotatable bonds is 5. The van der Waals surface area contributed by atoms with Crippen LogP contribution in [0.3, 0.4) is 0 Å². The molecule has 0 amide bonds. The monoisotopic (exact) mass is 920 g/mol. The van der Waals surface area contributed by atoms with Gasteiger partial charge < -0.3 is 9.88 Å². The van der Waals surface area contributed by atoms with Crippen LogP contribution in [0.2, 0.25) is 0 Å². The molecule has 0 spiro atoms. The molecular weight excluding hydrogens is 885 g/mol. The van der Waals surface area contributed by atoms with E-state index in [9.17, 15) is 0 Å². The van der Waals surface area contributed by atoms with Crippen LogP contribution in [-0.4, -0.2) is 16.2 Å². The fraction of sp³-hybridized carbons (Fsp3) is 0.0164. The van der Waals surface area contributed by atoms with E-state index in [1.54, 1.807) is 0 Å². The maximum absolute atomic E-state index is 5.61. The Morgan fingerprint density at radius 1 is 0.397 bits per heavy atom. The van der Waals surface area contributed by atoms with Crippen molar-refractivity contribution in [2.45, 2.75) is 6.17 Å². The van der Waals surface area contributed by atoms with Gasteiger partial charge in [0.05, 0.1) is 11.0 Å². The number of thiophene rings is 3. The van der Waals surface area contributed by atoms with E-state index in [1.165, 1.54) is 98.7 Å². The summed E-state index contributed by atoms with van der Waals surface area (Å²) in [7, 11) is 0. The third-order valence-corrected chi connectivity index (χ3v) is 17.3. The van der Waals surface area contributed by atoms with Crippen molar-refractivity contribution in [3.8, 4) is 16.8 Å². The summed E-state index contributed by atoms with van der Waals surface area (Å²) in [6.45, 7) is 0. The minimum absolute atomic E-state index is 0.454. The Bertz CT molecular complexity index is 4500. The first-order valence-corrected chi connectivity index (χ1v) is 25.4. The van der Waals surface area contributed by atoms with Crippen molar-refractivity contribution in [2.24, 2.45) is 9.98 Å². The fourth-order valence-electron chi connectivity index (χ4n) is 10.7. The van der Waals surface area contributed by atoms with Gasteiger partial charge in [0.2, 0.25) is 0 Å². The summed E-state index contributed by atoms with van der Waals surface area (Å²) in [5.41, 5.74) is 8.90. The van der Waals surface area contributed by atoms with Crippen LogP contribution < -0.4 is 5.32 Å². The van der Waals surface area contributed by atoms with Crippen LogP contribution in [0.5, 0.6) is 0 Å². The predicted molar refractivity (Wildman–Crippen MR) is 294 cm³/mol. The van der Waals surface area contributed by atoms with Gasteiger partial charge >= 0.3 is 0 Å². The zero-order valence-electron chi connectivity index (χ0n) is 36.3. The average Bonchev–Trinajstić information content (AvgIpc) is 4.16. The van der Waals surface area contributed by atoms with E-state index in [1.807, 2.05) is 34.0 Å². The van der Waals surface area contributed by atoms with Gasteiger partial charge in [-0.3, -0.25) is 0 Å². The molecule has 68 heavy (non-hydrogen) atoms. The van der Waals surface area contributed by atoms with Crippen molar-refractivity contribution in [3.05, 3.63) is 223 Å². The molecule has 0 radical (unpaired) electrons. The smallest absolute Gasteiger partial charge is 0.159 e. The third-order valence-electron chi connectivity index (χ3n) is 13.9. The molecule has 7 heteroatoms. The van der Waals surface area contributed by atoms with Crippen LogP contribution in [-0.2, 0) is 0 Å². The van der Waals surface area contributed by atoms with E-state index in [0.29, 0.717) is 5.84 Å². The summed E-state index contributed by atoms with van der Waals surface area (Å²) in [5.74, 6) is 1.52. The highest BCUT2D eigenvalue weighted by atomic mass is 32.1. The van der Waals surface area contributed by atoms with Crippen LogP contribution >= 0.6 is 34.0 Å². The van der Waals surface area contributed by atoms with Gasteiger partial charge in [0.25, 0.3) is 0 Å². The Morgan fingerprint density at radius 2 is 0.985 bits per heavy atom. The maximum Gasteiger partial charge on any atom is 0.159 e. The molecule has 1 aliphatic rings. The molecule has 0 bridgehead atoms. The second-order valence-corrected chi connectivity index (χ2v) is 20.9. The second kappa shape index (κ2) is 14.8. The Morgan fingerprint density at radius 3 is 1.74 bits per heavy atom. The lowest BCUT2D eigenvalue weighted by Gasteiger charge is -2.26. The molecular formula is C61H36N4S3. The molecule has 14 aromatic rings. The number of nitrogens with one attached hydrogen (secondary N) is 1. The molecule has 318 valence electrons. The first kappa shape index (κ1) is 38.2. The van der Waals surface area contributed by atoms with Crippen LogP contribution in [0.25, 0.3) is 110 Å². The third kappa shape index (κ3) is 5.83. The van der Waals surface area contributed by atoms with Gasteiger partial charge in [-0.2, -0.15) is 0 Å². The molecule has 0 aliphatic carbocycles. The molecule has 0 fully saturated rings. The Hall–Kier alpha value is -7.94. The van der Waals surface area contributed by atoms with Crippen molar-refractivity contribution in [3.63, 3.8) is 0 Å². The zero-order chi connectivity index (χ0) is 44.5. The van der Waals surface area contributed by atoms with Crippen molar-refractivity contribution >= 4 is 139 Å². The highest BCUT2D eigenvalue weighted by Crippen LogP contribution is 2.45. The average molecular weight is 921 g/mol. The van der Waals surface area contributed by atoms with Gasteiger partial charge in [0, 0.05) is 99.2 Å². The molecule has 1 N–H and O–H groups in total. The minimum Gasteiger partial charge on any atom is -0.344 e. The molecule has 0 saturated heterocycles. The summed E-state index contributed by atoms with van der Waals surface area (Å²) in [6, 6.07) is 75.7. The van der Waals surface area contributed by atoms with Crippen LogP contribution in [0.1, 0.15) is 22.9 Å². The van der Waals surface area contributed by atoms with Crippen LogP contribution in [0, 0.1) is 0 Å². The zero-order valence-corrected chi connectivity index (χ0v) is 38.7. The first-order chi connectivity index (χ1) is 33.7. The Labute approximate surface area is 402 Å². The van der Waals surface area contributed by atoms with Gasteiger partial charge in [-0.25, -0.2) is 9.98 Å². The van der Waals surface area contributed by atoms with E-state index in [0.717, 1.165) is 33.8 Å². The standard InChI is InChI=1S/C61H36N4S3/c1-2-13-36-31-52-50(30-35(36)12-1)40-14-3-7-20-51(40)65(52)39-26-29-48(49(34-39)47-19-11-18-46-43-17-6-10-23-55(43)68-58(46)47)61-63-59(37-24-27-44-41-15-4-8-21-53(41)66-56(44)32-37)62-60(64-61)38-25-28-45-42-16-5-9-22-54(42)67-57(45)33-38/h1-34,61H,(H,62,63,64). The van der Waals surface area contributed by atoms with Gasteiger partial charge in [-0.05, 0) is 77.0 Å². The number of benzene rings is 10. The highest BCUT2D eigenvalue weighted by molar-refractivity contribution is 7.26. The molecule has 10 aromatic carbocycles. The van der Waals surface area contributed by atoms with Gasteiger partial charge in [-0.15, -0.1) is 34.0 Å². The maximum atomic E-state index is 5.61. The first-order valence-electron chi connectivity index (χ1n) is 22.9. The SMILES string of the molecule is c1ccc2cc3c(cc2c1)c1ccccc1n3-c1ccc(C2N=C(c3ccc4c(c3)sc3ccccc34)N=C(c3ccc4c(c3)sc3ccccc34)N2)c(-c2cccc3c2sc2ccccc23)c1. The van der Waals surface area contributed by atoms with Gasteiger partial charge in [0.1, 0.15) is 12.0 Å². The van der Waals surface area contributed by atoms with E-state index in [-0.39, 0.29) is 0 Å². The normalized spacial score (nSPS) is 14.3. The van der Waals surface area contributed by atoms with E-state index in [2.05, 4.69) is 216 Å². The summed E-state index contributed by atoms with van der Waals surface area (Å²) in [4.78, 5) is 11.0. The Balaban J connectivity index is 0.972. The molecule has 0 saturated carbocycles. The summed E-state index contributed by atoms with van der Waals surface area (Å²) in [5, 5.41) is 16.5. The predicted octanol–water partition coefficient (Wildman–Crippen LogP) is 17.2. The quantitative estimate of drug-likeness (QED) is 0.184. The van der Waals surface area contributed by atoms with Crippen molar-refractivity contribution in [2.75, 3.05) is 0 Å². The summed E-state index contributed by atoms with van der Waals surface area (Å²) >= 11 is 5.52. The molecule has 4 nitrogen and oxygen atoms in total. The van der Waals surface area contributed by atoms with Crippen molar-refractivity contribution in [1.82, 2.24) is 9.88 Å². The van der Waals surface area contributed by atoms with Crippen LogP contribution in [0.15, 0.2) is 216 Å². The molecule has 1 aliphatic heterocycles. The Kier molecular flexibility index (Phi) is 8.30. The van der Waals surface area contributed by atoms with Crippen LogP contribution in [0.4, 0.5) is 0 Å².